The van der Waals surface area contributed by atoms with Gasteiger partial charge < -0.3 is 26.4 Å². The molecular weight excluding hydrogens is 406 g/mol. The van der Waals surface area contributed by atoms with Crippen molar-refractivity contribution in [3.8, 4) is 0 Å². The van der Waals surface area contributed by atoms with E-state index in [1.54, 1.807) is 13.8 Å². The topological polar surface area (TPSA) is 132 Å². The molecule has 2 saturated heterocycles. The van der Waals surface area contributed by atoms with E-state index in [1.165, 1.54) is 0 Å². The van der Waals surface area contributed by atoms with Crippen LogP contribution in [-0.4, -0.2) is 70.4 Å². The van der Waals surface area contributed by atoms with E-state index in [1.807, 2.05) is 25.6 Å². The highest BCUT2D eigenvalue weighted by Crippen LogP contribution is 2.33. The average molecular weight is 444 g/mol. The average Bonchev–Trinajstić information content (AvgIpc) is 3.17. The highest BCUT2D eigenvalue weighted by Gasteiger charge is 2.42. The molecule has 2 heterocycles. The van der Waals surface area contributed by atoms with Gasteiger partial charge in [-0.05, 0) is 47.0 Å². The Morgan fingerprint density at radius 3 is 2.63 bits per heavy atom. The molecule has 0 saturated carbocycles. The Kier molecular flexibility index (Phi) is 8.81. The molecule has 9 nitrogen and oxygen atoms in total. The maximum Gasteiger partial charge on any atom is 0.315 e. The lowest BCUT2D eigenvalue weighted by Gasteiger charge is -2.28. The summed E-state index contributed by atoms with van der Waals surface area (Å²) in [4.78, 5) is 35.9. The van der Waals surface area contributed by atoms with Gasteiger partial charge in [0.2, 0.25) is 11.8 Å². The van der Waals surface area contributed by atoms with Gasteiger partial charge in [-0.15, -0.1) is 0 Å². The maximum atomic E-state index is 12.3. The standard InChI is InChI=1S/C20H37N5O4S/c1-19(2,9-10-21-17(28)20(3,4)22-12-26)25-15(27)8-6-5-7-14-16-13(11-30-14)23-18(29)24-16/h13-14,16,22,26H,5-12H2,1-4H3,(H,21,28)(H,25,27)(H2,23,24,29)/t13-,14-,16-/m0/s1. The first-order valence-corrected chi connectivity index (χ1v) is 11.7. The highest BCUT2D eigenvalue weighted by atomic mass is 32.2. The van der Waals surface area contributed by atoms with Gasteiger partial charge in [-0.2, -0.15) is 11.8 Å². The van der Waals surface area contributed by atoms with Crippen LogP contribution in [0.25, 0.3) is 0 Å². The van der Waals surface area contributed by atoms with Crippen LogP contribution in [0, 0.1) is 0 Å². The number of nitrogens with one attached hydrogen (secondary N) is 5. The van der Waals surface area contributed by atoms with E-state index in [4.69, 9.17) is 5.11 Å². The van der Waals surface area contributed by atoms with Crippen LogP contribution in [0.2, 0.25) is 0 Å². The molecule has 0 aromatic rings. The summed E-state index contributed by atoms with van der Waals surface area (Å²) in [5.74, 6) is 0.771. The molecular formula is C20H37N5O4S. The number of carbonyl (C=O) groups is 3. The smallest absolute Gasteiger partial charge is 0.315 e. The Bertz CT molecular complexity index is 628. The minimum absolute atomic E-state index is 0.0152. The van der Waals surface area contributed by atoms with E-state index in [0.29, 0.717) is 24.6 Å². The number of unbranched alkanes of at least 4 members (excludes halogenated alkanes) is 1. The van der Waals surface area contributed by atoms with Crippen molar-refractivity contribution in [3.05, 3.63) is 0 Å². The molecule has 10 heteroatoms. The number of fused-ring (bicyclic) bond motifs is 1. The van der Waals surface area contributed by atoms with E-state index in [2.05, 4.69) is 26.6 Å². The first-order chi connectivity index (χ1) is 14.0. The molecule has 0 aromatic heterocycles. The molecule has 0 unspecified atom stereocenters. The second kappa shape index (κ2) is 10.7. The Labute approximate surface area is 183 Å². The third-order valence-corrected chi connectivity index (χ3v) is 7.19. The van der Waals surface area contributed by atoms with Crippen molar-refractivity contribution in [2.24, 2.45) is 0 Å². The summed E-state index contributed by atoms with van der Waals surface area (Å²) in [7, 11) is 0. The lowest BCUT2D eigenvalue weighted by atomic mass is 9.99. The Morgan fingerprint density at radius 1 is 1.20 bits per heavy atom. The molecule has 172 valence electrons. The van der Waals surface area contributed by atoms with Crippen molar-refractivity contribution in [3.63, 3.8) is 0 Å². The van der Waals surface area contributed by atoms with Gasteiger partial charge in [-0.25, -0.2) is 4.79 Å². The summed E-state index contributed by atoms with van der Waals surface area (Å²) in [5.41, 5.74) is -1.27. The van der Waals surface area contributed by atoms with E-state index in [-0.39, 0.29) is 36.7 Å². The zero-order valence-electron chi connectivity index (χ0n) is 18.5. The van der Waals surface area contributed by atoms with Crippen LogP contribution in [0.1, 0.15) is 59.8 Å². The van der Waals surface area contributed by atoms with Crippen LogP contribution in [0.4, 0.5) is 4.79 Å². The number of urea groups is 1. The summed E-state index contributed by atoms with van der Waals surface area (Å²) in [5, 5.41) is 23.9. The minimum Gasteiger partial charge on any atom is -0.381 e. The van der Waals surface area contributed by atoms with Crippen molar-refractivity contribution >= 4 is 29.6 Å². The molecule has 0 bridgehead atoms. The van der Waals surface area contributed by atoms with Gasteiger partial charge in [0.1, 0.15) is 0 Å². The number of thioether (sulfide) groups is 1. The monoisotopic (exact) mass is 443 g/mol. The number of amides is 4. The fraction of sp³-hybridized carbons (Fsp3) is 0.850. The molecule has 2 aliphatic heterocycles. The van der Waals surface area contributed by atoms with Crippen molar-refractivity contribution in [2.75, 3.05) is 19.0 Å². The van der Waals surface area contributed by atoms with Crippen LogP contribution in [0.5, 0.6) is 0 Å². The molecule has 6 N–H and O–H groups in total. The van der Waals surface area contributed by atoms with E-state index in [9.17, 15) is 14.4 Å². The summed E-state index contributed by atoms with van der Waals surface area (Å²) < 4.78 is 0. The van der Waals surface area contributed by atoms with Crippen LogP contribution in [0.15, 0.2) is 0 Å². The Hall–Kier alpha value is -1.52. The number of aliphatic hydroxyl groups is 1. The lowest BCUT2D eigenvalue weighted by Crippen LogP contribution is -2.54. The van der Waals surface area contributed by atoms with E-state index in [0.717, 1.165) is 25.0 Å². The number of aliphatic hydroxyl groups excluding tert-OH is 1. The van der Waals surface area contributed by atoms with Gasteiger partial charge in [-0.1, -0.05) is 6.42 Å². The van der Waals surface area contributed by atoms with Crippen LogP contribution in [-0.2, 0) is 9.59 Å². The number of hydrogen-bond donors (Lipinski definition) is 6. The van der Waals surface area contributed by atoms with Crippen molar-refractivity contribution < 1.29 is 19.5 Å². The van der Waals surface area contributed by atoms with Gasteiger partial charge in [0.15, 0.2) is 0 Å². The third-order valence-electron chi connectivity index (χ3n) is 5.68. The predicted molar refractivity (Wildman–Crippen MR) is 118 cm³/mol. The van der Waals surface area contributed by atoms with Crippen molar-refractivity contribution in [2.45, 2.75) is 88.2 Å². The Balaban J connectivity index is 1.60. The molecule has 0 spiro atoms. The first-order valence-electron chi connectivity index (χ1n) is 10.7. The third kappa shape index (κ3) is 7.31. The molecule has 0 aliphatic carbocycles. The van der Waals surface area contributed by atoms with Crippen LogP contribution < -0.4 is 26.6 Å². The Morgan fingerprint density at radius 2 is 1.93 bits per heavy atom. The van der Waals surface area contributed by atoms with Crippen LogP contribution in [0.3, 0.4) is 0 Å². The minimum atomic E-state index is -0.850. The van der Waals surface area contributed by atoms with Gasteiger partial charge in [0, 0.05) is 29.5 Å². The fourth-order valence-corrected chi connectivity index (χ4v) is 5.31. The van der Waals surface area contributed by atoms with E-state index < -0.39 is 11.1 Å². The van der Waals surface area contributed by atoms with Gasteiger partial charge >= 0.3 is 6.03 Å². The maximum absolute atomic E-state index is 12.3. The molecule has 2 fully saturated rings. The number of carbonyl (C=O) groups excluding carboxylic acids is 3. The van der Waals surface area contributed by atoms with Crippen molar-refractivity contribution in [1.29, 1.82) is 0 Å². The van der Waals surface area contributed by atoms with Gasteiger partial charge in [0.05, 0.1) is 24.4 Å². The summed E-state index contributed by atoms with van der Waals surface area (Å²) >= 11 is 1.89. The molecule has 0 radical (unpaired) electrons. The van der Waals surface area contributed by atoms with Crippen LogP contribution >= 0.6 is 11.8 Å². The summed E-state index contributed by atoms with van der Waals surface area (Å²) in [6.45, 7) is 7.45. The number of hydrogen-bond acceptors (Lipinski definition) is 6. The second-order valence-electron chi connectivity index (χ2n) is 9.27. The first kappa shape index (κ1) is 24.7. The number of rotatable bonds is 12. The summed E-state index contributed by atoms with van der Waals surface area (Å²) in [6, 6.07) is 0.381. The molecule has 30 heavy (non-hydrogen) atoms. The quantitative estimate of drug-likeness (QED) is 0.147. The molecule has 2 aliphatic rings. The van der Waals surface area contributed by atoms with E-state index >= 15 is 0 Å². The van der Waals surface area contributed by atoms with Gasteiger partial charge in [0.25, 0.3) is 0 Å². The van der Waals surface area contributed by atoms with Gasteiger partial charge in [-0.3, -0.25) is 14.9 Å². The normalized spacial score (nSPS) is 23.5. The molecule has 2 rings (SSSR count). The largest absolute Gasteiger partial charge is 0.381 e. The molecule has 4 amide bonds. The van der Waals surface area contributed by atoms with Crippen molar-refractivity contribution in [1.82, 2.24) is 26.6 Å². The molecule has 3 atom stereocenters. The SMILES string of the molecule is CC(C)(CCNC(=O)C(C)(C)NCO)NC(=O)CCCC[C@@H]1SC[C@@H]2NC(=O)N[C@@H]21. The fourth-order valence-electron chi connectivity index (χ4n) is 3.76. The zero-order chi connectivity index (χ0) is 22.4. The second-order valence-corrected chi connectivity index (χ2v) is 10.5. The predicted octanol–water partition coefficient (Wildman–Crippen LogP) is 0.431. The molecule has 0 aromatic carbocycles. The zero-order valence-corrected chi connectivity index (χ0v) is 19.3. The highest BCUT2D eigenvalue weighted by molar-refractivity contribution is 8.00. The summed E-state index contributed by atoms with van der Waals surface area (Å²) in [6.07, 6.45) is 3.84. The lowest BCUT2D eigenvalue weighted by molar-refractivity contribution is -0.127.